The zero-order valence-electron chi connectivity index (χ0n) is 16.9. The zero-order valence-corrected chi connectivity index (χ0v) is 16.9. The molecule has 1 aromatic heterocycles. The van der Waals surface area contributed by atoms with Crippen LogP contribution in [0.1, 0.15) is 18.7 Å². The minimum Gasteiger partial charge on any atom is -0.497 e. The minimum absolute atomic E-state index is 0.0696. The van der Waals surface area contributed by atoms with Gasteiger partial charge in [0.25, 0.3) is 0 Å². The van der Waals surface area contributed by atoms with Crippen LogP contribution >= 0.6 is 0 Å². The molecule has 7 nitrogen and oxygen atoms in total. The highest BCUT2D eigenvalue weighted by Gasteiger charge is 2.15. The second-order valence-corrected chi connectivity index (χ2v) is 6.82. The number of rotatable bonds is 8. The number of nitrogens with one attached hydrogen (secondary N) is 1. The number of amides is 1. The van der Waals surface area contributed by atoms with Crippen molar-refractivity contribution in [3.8, 4) is 17.1 Å². The highest BCUT2D eigenvalue weighted by atomic mass is 19.1. The van der Waals surface area contributed by atoms with Crippen molar-refractivity contribution in [2.24, 2.45) is 0 Å². The third-order valence-corrected chi connectivity index (χ3v) is 4.36. The molecule has 158 valence electrons. The Labute approximate surface area is 172 Å². The van der Waals surface area contributed by atoms with E-state index in [-0.39, 0.29) is 23.7 Å². The molecule has 30 heavy (non-hydrogen) atoms. The number of hydrogen-bond acceptors (Lipinski definition) is 6. The van der Waals surface area contributed by atoms with Gasteiger partial charge < -0.3 is 19.5 Å². The molecule has 0 atom stereocenters. The molecule has 0 aliphatic heterocycles. The summed E-state index contributed by atoms with van der Waals surface area (Å²) in [6.45, 7) is 0. The van der Waals surface area contributed by atoms with Crippen LogP contribution in [0.5, 0.6) is 5.75 Å². The maximum absolute atomic E-state index is 14.0. The summed E-state index contributed by atoms with van der Waals surface area (Å²) >= 11 is 0. The van der Waals surface area contributed by atoms with Gasteiger partial charge in [0, 0.05) is 38.2 Å². The molecule has 0 spiro atoms. The van der Waals surface area contributed by atoms with Crippen molar-refractivity contribution in [2.45, 2.75) is 19.3 Å². The van der Waals surface area contributed by atoms with Gasteiger partial charge in [0.15, 0.2) is 11.6 Å². The average molecular weight is 416 g/mol. The summed E-state index contributed by atoms with van der Waals surface area (Å²) in [4.78, 5) is 17.7. The normalized spacial score (nSPS) is 10.7. The van der Waals surface area contributed by atoms with Gasteiger partial charge in [-0.1, -0.05) is 5.16 Å². The lowest BCUT2D eigenvalue weighted by molar-refractivity contribution is -0.116. The third-order valence-electron chi connectivity index (χ3n) is 4.36. The largest absolute Gasteiger partial charge is 0.497 e. The van der Waals surface area contributed by atoms with Crippen molar-refractivity contribution in [3.63, 3.8) is 0 Å². The van der Waals surface area contributed by atoms with Gasteiger partial charge >= 0.3 is 0 Å². The molecule has 0 bridgehead atoms. The number of anilines is 2. The predicted octanol–water partition coefficient (Wildman–Crippen LogP) is 4.05. The second kappa shape index (κ2) is 9.34. The maximum atomic E-state index is 14.0. The summed E-state index contributed by atoms with van der Waals surface area (Å²) in [5.74, 6) is -0.268. The predicted molar refractivity (Wildman–Crippen MR) is 109 cm³/mol. The van der Waals surface area contributed by atoms with E-state index in [4.69, 9.17) is 9.26 Å². The fourth-order valence-electron chi connectivity index (χ4n) is 2.90. The number of ether oxygens (including phenoxy) is 1. The summed E-state index contributed by atoms with van der Waals surface area (Å²) in [5, 5.41) is 6.44. The Kier molecular flexibility index (Phi) is 6.61. The Morgan fingerprint density at radius 1 is 1.17 bits per heavy atom. The smallest absolute Gasteiger partial charge is 0.226 e. The monoisotopic (exact) mass is 416 g/mol. The first kappa shape index (κ1) is 21.2. The van der Waals surface area contributed by atoms with Crippen molar-refractivity contribution in [1.29, 1.82) is 0 Å². The summed E-state index contributed by atoms with van der Waals surface area (Å²) in [6.07, 6.45) is 0.981. The molecule has 0 saturated carbocycles. The summed E-state index contributed by atoms with van der Waals surface area (Å²) in [6, 6.07) is 9.42. The van der Waals surface area contributed by atoms with Crippen LogP contribution in [-0.4, -0.2) is 37.3 Å². The quantitative estimate of drug-likeness (QED) is 0.597. The first-order valence-corrected chi connectivity index (χ1v) is 9.30. The molecule has 0 radical (unpaired) electrons. The van der Waals surface area contributed by atoms with E-state index >= 15 is 0 Å². The Morgan fingerprint density at radius 3 is 2.43 bits per heavy atom. The number of carbonyl (C=O) groups is 1. The van der Waals surface area contributed by atoms with Crippen LogP contribution in [-0.2, 0) is 11.2 Å². The van der Waals surface area contributed by atoms with Gasteiger partial charge in [-0.25, -0.2) is 8.78 Å². The Morgan fingerprint density at radius 2 is 1.83 bits per heavy atom. The Bertz CT molecular complexity index is 996. The van der Waals surface area contributed by atoms with E-state index in [1.165, 1.54) is 19.0 Å². The number of aromatic nitrogens is 2. The molecular weight excluding hydrogens is 394 g/mol. The van der Waals surface area contributed by atoms with Crippen molar-refractivity contribution in [2.75, 3.05) is 31.4 Å². The van der Waals surface area contributed by atoms with E-state index in [1.54, 1.807) is 19.2 Å². The fourth-order valence-corrected chi connectivity index (χ4v) is 2.90. The highest BCUT2D eigenvalue weighted by Crippen LogP contribution is 2.26. The highest BCUT2D eigenvalue weighted by molar-refractivity contribution is 5.90. The number of aryl methyl sites for hydroxylation is 1. The molecule has 1 N–H and O–H groups in total. The van der Waals surface area contributed by atoms with Crippen LogP contribution in [0.15, 0.2) is 40.9 Å². The van der Waals surface area contributed by atoms with Gasteiger partial charge in [0.1, 0.15) is 11.4 Å². The van der Waals surface area contributed by atoms with Crippen molar-refractivity contribution in [1.82, 2.24) is 10.1 Å². The number of hydrogen-bond donors (Lipinski definition) is 1. The van der Waals surface area contributed by atoms with Crippen LogP contribution in [0.4, 0.5) is 20.2 Å². The second-order valence-electron chi connectivity index (χ2n) is 6.82. The SMILES string of the molecule is COc1ccc(-c2noc(CCCC(=O)Nc3cc(F)c(N(C)C)c(F)c3)n2)cc1. The molecule has 3 rings (SSSR count). The lowest BCUT2D eigenvalue weighted by Gasteiger charge is -2.15. The average Bonchev–Trinajstić information content (AvgIpc) is 3.16. The zero-order chi connectivity index (χ0) is 21.7. The molecule has 0 aliphatic carbocycles. The van der Waals surface area contributed by atoms with Crippen LogP contribution in [0.3, 0.4) is 0 Å². The van der Waals surface area contributed by atoms with Crippen LogP contribution < -0.4 is 15.0 Å². The van der Waals surface area contributed by atoms with Crippen molar-refractivity contribution < 1.29 is 22.8 Å². The maximum Gasteiger partial charge on any atom is 0.226 e. The van der Waals surface area contributed by atoms with E-state index in [2.05, 4.69) is 15.5 Å². The lowest BCUT2D eigenvalue weighted by atomic mass is 10.2. The number of methoxy groups -OCH3 is 1. The van der Waals surface area contributed by atoms with E-state index in [0.29, 0.717) is 24.6 Å². The summed E-state index contributed by atoms with van der Waals surface area (Å²) < 4.78 is 38.3. The van der Waals surface area contributed by atoms with E-state index < -0.39 is 11.6 Å². The Hall–Kier alpha value is -3.49. The first-order valence-electron chi connectivity index (χ1n) is 9.30. The molecule has 0 saturated heterocycles. The van der Waals surface area contributed by atoms with Gasteiger partial charge in [-0.15, -0.1) is 0 Å². The molecule has 2 aromatic carbocycles. The first-order chi connectivity index (χ1) is 14.4. The lowest BCUT2D eigenvalue weighted by Crippen LogP contribution is -2.15. The fraction of sp³-hybridized carbons (Fsp3) is 0.286. The van der Waals surface area contributed by atoms with Gasteiger partial charge in [-0.3, -0.25) is 4.79 Å². The van der Waals surface area contributed by atoms with Gasteiger partial charge in [-0.2, -0.15) is 4.98 Å². The Balaban J connectivity index is 1.52. The number of benzene rings is 2. The van der Waals surface area contributed by atoms with Gasteiger partial charge in [-0.05, 0) is 42.8 Å². The molecule has 1 amide bonds. The molecule has 9 heteroatoms. The third kappa shape index (κ3) is 5.11. The minimum atomic E-state index is -0.743. The van der Waals surface area contributed by atoms with E-state index in [9.17, 15) is 13.6 Å². The molecule has 1 heterocycles. The molecule has 3 aromatic rings. The van der Waals surface area contributed by atoms with Crippen LogP contribution in [0, 0.1) is 11.6 Å². The number of nitrogens with zero attached hydrogens (tertiary/aromatic N) is 3. The van der Waals surface area contributed by atoms with E-state index in [0.717, 1.165) is 23.4 Å². The van der Waals surface area contributed by atoms with Crippen molar-refractivity contribution >= 4 is 17.3 Å². The van der Waals surface area contributed by atoms with Gasteiger partial charge in [0.2, 0.25) is 17.6 Å². The van der Waals surface area contributed by atoms with Gasteiger partial charge in [0.05, 0.1) is 7.11 Å². The number of halogens is 2. The molecule has 0 aliphatic rings. The number of carbonyl (C=O) groups excluding carboxylic acids is 1. The molecular formula is C21H22F2N4O3. The van der Waals surface area contributed by atoms with Crippen LogP contribution in [0.2, 0.25) is 0 Å². The van der Waals surface area contributed by atoms with Crippen LogP contribution in [0.25, 0.3) is 11.4 Å². The molecule has 0 fully saturated rings. The van der Waals surface area contributed by atoms with Crippen molar-refractivity contribution in [3.05, 3.63) is 53.9 Å². The van der Waals surface area contributed by atoms with E-state index in [1.807, 2.05) is 12.1 Å². The molecule has 0 unspecified atom stereocenters. The standard InChI is InChI=1S/C21H22F2N4O3/c1-27(2)20-16(22)11-14(12-17(20)23)24-18(28)5-4-6-19-25-21(26-30-19)13-7-9-15(29-3)10-8-13/h7-12H,4-6H2,1-3H3,(H,24,28). The topological polar surface area (TPSA) is 80.5 Å². The summed E-state index contributed by atoms with van der Waals surface area (Å²) in [5.41, 5.74) is 0.700. The summed E-state index contributed by atoms with van der Waals surface area (Å²) in [7, 11) is 4.66.